The van der Waals surface area contributed by atoms with Gasteiger partial charge >= 0.3 is 0 Å². The summed E-state index contributed by atoms with van der Waals surface area (Å²) in [4.78, 5) is 1.39. The van der Waals surface area contributed by atoms with Crippen molar-refractivity contribution in [2.24, 2.45) is 0 Å². The van der Waals surface area contributed by atoms with Gasteiger partial charge in [0.15, 0.2) is 0 Å². The minimum Gasteiger partial charge on any atom is -0.308 e. The highest BCUT2D eigenvalue weighted by atomic mass is 79.9. The second-order valence-corrected chi connectivity index (χ2v) is 5.93. The number of halogens is 2. The van der Waals surface area contributed by atoms with Gasteiger partial charge in [0.25, 0.3) is 0 Å². The first-order chi connectivity index (χ1) is 8.70. The average molecular weight is 328 g/mol. The molecule has 1 aromatic carbocycles. The molecule has 0 aliphatic carbocycles. The summed E-state index contributed by atoms with van der Waals surface area (Å²) >= 11 is 4.98. The molecule has 1 aromatic heterocycles. The van der Waals surface area contributed by atoms with Gasteiger partial charge in [-0.15, -0.1) is 11.3 Å². The van der Waals surface area contributed by atoms with Crippen molar-refractivity contribution in [1.29, 1.82) is 0 Å². The van der Waals surface area contributed by atoms with Crippen LogP contribution >= 0.6 is 27.3 Å². The second kappa shape index (κ2) is 6.45. The van der Waals surface area contributed by atoms with Gasteiger partial charge in [0, 0.05) is 18.0 Å². The fourth-order valence-electron chi connectivity index (χ4n) is 1.81. The van der Waals surface area contributed by atoms with Crippen molar-refractivity contribution in [3.8, 4) is 0 Å². The monoisotopic (exact) mass is 327 g/mol. The quantitative estimate of drug-likeness (QED) is 0.852. The van der Waals surface area contributed by atoms with Crippen molar-refractivity contribution < 1.29 is 4.39 Å². The fourth-order valence-corrected chi connectivity index (χ4v) is 3.18. The van der Waals surface area contributed by atoms with Crippen LogP contribution in [0.4, 0.5) is 4.39 Å². The van der Waals surface area contributed by atoms with Crippen LogP contribution in [0.1, 0.15) is 22.9 Å². The molecule has 1 N–H and O–H groups in total. The molecule has 18 heavy (non-hydrogen) atoms. The average Bonchev–Trinajstić information content (AvgIpc) is 2.81. The largest absolute Gasteiger partial charge is 0.308 e. The number of rotatable bonds is 5. The Labute approximate surface area is 119 Å². The first kappa shape index (κ1) is 13.7. The van der Waals surface area contributed by atoms with E-state index >= 15 is 0 Å². The lowest BCUT2D eigenvalue weighted by molar-refractivity contribution is 0.618. The molecular weight excluding hydrogens is 313 g/mol. The van der Waals surface area contributed by atoms with E-state index in [4.69, 9.17) is 0 Å². The highest BCUT2D eigenvalue weighted by Gasteiger charge is 2.03. The van der Waals surface area contributed by atoms with E-state index in [1.165, 1.54) is 16.5 Å². The molecule has 0 spiro atoms. The number of thiophene rings is 1. The van der Waals surface area contributed by atoms with Crippen molar-refractivity contribution in [2.75, 3.05) is 0 Å². The van der Waals surface area contributed by atoms with Crippen molar-refractivity contribution in [3.63, 3.8) is 0 Å². The molecule has 0 aliphatic rings. The van der Waals surface area contributed by atoms with Gasteiger partial charge in [-0.05, 0) is 57.1 Å². The van der Waals surface area contributed by atoms with Crippen LogP contribution in [-0.2, 0) is 19.5 Å². The molecule has 0 radical (unpaired) electrons. The molecule has 2 aromatic rings. The Bertz CT molecular complexity index is 524. The van der Waals surface area contributed by atoms with Gasteiger partial charge in [-0.1, -0.05) is 13.0 Å². The molecule has 0 atom stereocenters. The standard InChI is InChI=1S/C14H15BrFNS/c1-2-11-5-6-18-14(11)9-17-8-10-3-4-13(16)12(15)7-10/h3-7,17H,2,8-9H2,1H3. The minimum absolute atomic E-state index is 0.217. The van der Waals surface area contributed by atoms with E-state index in [1.54, 1.807) is 11.3 Å². The van der Waals surface area contributed by atoms with E-state index in [0.717, 1.165) is 25.1 Å². The van der Waals surface area contributed by atoms with Gasteiger partial charge in [-0.25, -0.2) is 4.39 Å². The number of hydrogen-bond donors (Lipinski definition) is 1. The third-order valence-electron chi connectivity index (χ3n) is 2.82. The first-order valence-corrected chi connectivity index (χ1v) is 7.58. The molecule has 1 nitrogen and oxygen atoms in total. The van der Waals surface area contributed by atoms with Gasteiger partial charge in [0.1, 0.15) is 5.82 Å². The van der Waals surface area contributed by atoms with E-state index in [-0.39, 0.29) is 5.82 Å². The maximum Gasteiger partial charge on any atom is 0.137 e. The molecule has 96 valence electrons. The predicted octanol–water partition coefficient (Wildman–Crippen LogP) is 4.50. The summed E-state index contributed by atoms with van der Waals surface area (Å²) < 4.78 is 13.6. The second-order valence-electron chi connectivity index (χ2n) is 4.07. The molecule has 0 fully saturated rings. The Hall–Kier alpha value is -0.710. The number of aryl methyl sites for hydroxylation is 1. The van der Waals surface area contributed by atoms with Crippen LogP contribution in [0, 0.1) is 5.82 Å². The maximum absolute atomic E-state index is 13.1. The van der Waals surface area contributed by atoms with E-state index in [9.17, 15) is 4.39 Å². The molecule has 0 unspecified atom stereocenters. The van der Waals surface area contributed by atoms with Crippen molar-refractivity contribution in [3.05, 3.63) is 55.9 Å². The minimum atomic E-state index is -0.217. The SMILES string of the molecule is CCc1ccsc1CNCc1ccc(F)c(Br)c1. The van der Waals surface area contributed by atoms with Crippen LogP contribution in [0.2, 0.25) is 0 Å². The third-order valence-corrected chi connectivity index (χ3v) is 4.39. The van der Waals surface area contributed by atoms with Gasteiger partial charge in [0.2, 0.25) is 0 Å². The van der Waals surface area contributed by atoms with E-state index in [1.807, 2.05) is 12.1 Å². The predicted molar refractivity (Wildman–Crippen MR) is 78.3 cm³/mol. The molecule has 0 aliphatic heterocycles. The smallest absolute Gasteiger partial charge is 0.137 e. The Morgan fingerprint density at radius 1 is 1.28 bits per heavy atom. The summed E-state index contributed by atoms with van der Waals surface area (Å²) in [6, 6.07) is 7.29. The molecule has 2 rings (SSSR count). The van der Waals surface area contributed by atoms with Crippen molar-refractivity contribution in [2.45, 2.75) is 26.4 Å². The van der Waals surface area contributed by atoms with Crippen molar-refractivity contribution in [1.82, 2.24) is 5.32 Å². The Morgan fingerprint density at radius 2 is 2.11 bits per heavy atom. The lowest BCUT2D eigenvalue weighted by Crippen LogP contribution is -2.12. The summed E-state index contributed by atoms with van der Waals surface area (Å²) in [5.74, 6) is -0.217. The van der Waals surface area contributed by atoms with E-state index in [0.29, 0.717) is 4.47 Å². The summed E-state index contributed by atoms with van der Waals surface area (Å²) in [6.07, 6.45) is 1.07. The maximum atomic E-state index is 13.1. The van der Waals surface area contributed by atoms with Crippen LogP contribution < -0.4 is 5.32 Å². The van der Waals surface area contributed by atoms with Gasteiger partial charge < -0.3 is 5.32 Å². The van der Waals surface area contributed by atoms with Crippen LogP contribution in [0.5, 0.6) is 0 Å². The molecular formula is C14H15BrFNS. The number of nitrogens with one attached hydrogen (secondary N) is 1. The molecule has 0 bridgehead atoms. The highest BCUT2D eigenvalue weighted by molar-refractivity contribution is 9.10. The van der Waals surface area contributed by atoms with Gasteiger partial charge in [0.05, 0.1) is 4.47 Å². The molecule has 4 heteroatoms. The normalized spacial score (nSPS) is 10.8. The molecule has 0 saturated carbocycles. The van der Waals surface area contributed by atoms with Crippen LogP contribution in [0.3, 0.4) is 0 Å². The Morgan fingerprint density at radius 3 is 2.83 bits per heavy atom. The zero-order valence-electron chi connectivity index (χ0n) is 10.2. The lowest BCUT2D eigenvalue weighted by atomic mass is 10.2. The highest BCUT2D eigenvalue weighted by Crippen LogP contribution is 2.18. The van der Waals surface area contributed by atoms with E-state index in [2.05, 4.69) is 39.6 Å². The number of hydrogen-bond acceptors (Lipinski definition) is 2. The van der Waals surface area contributed by atoms with Gasteiger partial charge in [-0.3, -0.25) is 0 Å². The molecule has 1 heterocycles. The van der Waals surface area contributed by atoms with Crippen LogP contribution in [0.15, 0.2) is 34.1 Å². The molecule has 0 saturated heterocycles. The zero-order valence-corrected chi connectivity index (χ0v) is 12.6. The van der Waals surface area contributed by atoms with Crippen molar-refractivity contribution >= 4 is 27.3 Å². The van der Waals surface area contributed by atoms with Gasteiger partial charge in [-0.2, -0.15) is 0 Å². The Kier molecular flexibility index (Phi) is 4.92. The summed E-state index contributed by atoms with van der Waals surface area (Å²) in [5.41, 5.74) is 2.49. The molecule has 0 amide bonds. The number of benzene rings is 1. The Balaban J connectivity index is 1.90. The van der Waals surface area contributed by atoms with Crippen LogP contribution in [0.25, 0.3) is 0 Å². The summed E-state index contributed by atoms with van der Waals surface area (Å²) in [6.45, 7) is 3.79. The topological polar surface area (TPSA) is 12.0 Å². The van der Waals surface area contributed by atoms with Crippen LogP contribution in [-0.4, -0.2) is 0 Å². The zero-order chi connectivity index (χ0) is 13.0. The summed E-state index contributed by atoms with van der Waals surface area (Å²) in [7, 11) is 0. The first-order valence-electron chi connectivity index (χ1n) is 5.90. The third kappa shape index (κ3) is 3.40. The lowest BCUT2D eigenvalue weighted by Gasteiger charge is -2.06. The van der Waals surface area contributed by atoms with E-state index < -0.39 is 0 Å². The fraction of sp³-hybridized carbons (Fsp3) is 0.286. The summed E-state index contributed by atoms with van der Waals surface area (Å²) in [5, 5.41) is 5.52.